The molecule has 0 radical (unpaired) electrons. The average molecular weight is 580 g/mol. The molecular weight excluding hydrogens is 550 g/mol. The van der Waals surface area contributed by atoms with E-state index in [4.69, 9.17) is 4.74 Å². The molecule has 2 N–H and O–H groups in total. The molecule has 0 saturated carbocycles. The van der Waals surface area contributed by atoms with Crippen LogP contribution in [-0.2, 0) is 24.8 Å². The van der Waals surface area contributed by atoms with Gasteiger partial charge >= 0.3 is 0 Å². The van der Waals surface area contributed by atoms with Crippen molar-refractivity contribution in [1.82, 2.24) is 4.31 Å². The first-order valence-electron chi connectivity index (χ1n) is 12.7. The molecule has 1 aliphatic rings. The van der Waals surface area contributed by atoms with Gasteiger partial charge in [-0.1, -0.05) is 36.4 Å². The van der Waals surface area contributed by atoms with E-state index in [0.29, 0.717) is 36.5 Å². The first kappa shape index (κ1) is 27.6. The third-order valence-electron chi connectivity index (χ3n) is 6.92. The number of benzene rings is 4. The molecule has 0 unspecified atom stereocenters. The third-order valence-corrected chi connectivity index (χ3v) is 10.2. The summed E-state index contributed by atoms with van der Waals surface area (Å²) in [6.45, 7) is 0.385. The average Bonchev–Trinajstić information content (AvgIpc) is 2.97. The summed E-state index contributed by atoms with van der Waals surface area (Å²) in [5.41, 5.74) is 0.895. The third kappa shape index (κ3) is 5.81. The summed E-state index contributed by atoms with van der Waals surface area (Å²) in [6.07, 6.45) is 1.09. The first-order valence-corrected chi connectivity index (χ1v) is 15.7. The first-order chi connectivity index (χ1) is 19.2. The fourth-order valence-electron chi connectivity index (χ4n) is 4.75. The van der Waals surface area contributed by atoms with Crippen LogP contribution >= 0.6 is 0 Å². The fourth-order valence-corrected chi connectivity index (χ4v) is 7.35. The van der Waals surface area contributed by atoms with Gasteiger partial charge in [0, 0.05) is 24.2 Å². The number of hydrogen-bond acceptors (Lipinski definition) is 6. The number of amides is 1. The number of fused-ring (bicyclic) bond motifs is 1. The quantitative estimate of drug-likeness (QED) is 0.312. The molecule has 1 atom stereocenters. The maximum Gasteiger partial charge on any atom is 0.261 e. The molecule has 1 fully saturated rings. The van der Waals surface area contributed by atoms with Gasteiger partial charge in [-0.3, -0.25) is 9.52 Å². The molecule has 1 saturated heterocycles. The van der Waals surface area contributed by atoms with E-state index in [1.165, 1.54) is 47.8 Å². The predicted octanol–water partition coefficient (Wildman–Crippen LogP) is 4.69. The second-order valence-corrected chi connectivity index (χ2v) is 13.1. The number of nitrogens with zero attached hydrogens (tertiary/aromatic N) is 1. The van der Waals surface area contributed by atoms with Gasteiger partial charge in [-0.2, -0.15) is 4.31 Å². The Kier molecular flexibility index (Phi) is 7.79. The molecule has 4 aromatic carbocycles. The summed E-state index contributed by atoms with van der Waals surface area (Å²) in [4.78, 5) is 13.2. The highest BCUT2D eigenvalue weighted by Gasteiger charge is 2.33. The summed E-state index contributed by atoms with van der Waals surface area (Å²) in [7, 11) is -6.13. The smallest absolute Gasteiger partial charge is 0.261 e. The zero-order valence-electron chi connectivity index (χ0n) is 21.8. The molecule has 11 heteroatoms. The molecule has 9 nitrogen and oxygen atoms in total. The Morgan fingerprint density at radius 3 is 2.25 bits per heavy atom. The van der Waals surface area contributed by atoms with Crippen molar-refractivity contribution in [2.75, 3.05) is 30.2 Å². The fraction of sp³-hybridized carbons (Fsp3) is 0.207. The summed E-state index contributed by atoms with van der Waals surface area (Å²) < 4.78 is 61.4. The van der Waals surface area contributed by atoms with E-state index in [0.717, 1.165) is 10.8 Å². The number of hydrogen-bond donors (Lipinski definition) is 2. The topological polar surface area (TPSA) is 122 Å². The Hall–Kier alpha value is -3.93. The molecule has 4 aromatic rings. The number of anilines is 2. The minimum Gasteiger partial charge on any atom is -0.497 e. The lowest BCUT2D eigenvalue weighted by Gasteiger charge is -2.31. The number of ether oxygens (including phenoxy) is 1. The van der Waals surface area contributed by atoms with Crippen molar-refractivity contribution in [2.45, 2.75) is 22.6 Å². The Balaban J connectivity index is 1.25. The number of piperidine rings is 1. The largest absolute Gasteiger partial charge is 0.497 e. The standard InChI is InChI=1S/C29H29N3O6S2/c1-38-24-13-17-26(18-14-24)40(36,37)32-19-5-8-22(20-32)29(33)30-23-11-15-25(16-12-23)39(34,35)31-28-10-4-7-21-6-2-3-9-27(21)28/h2-4,6-7,9-18,22,31H,5,8,19-20H2,1H3,(H,30,33)/t22-/m1/s1. The van der Waals surface area contributed by atoms with Crippen LogP contribution in [0.2, 0.25) is 0 Å². The van der Waals surface area contributed by atoms with E-state index in [-0.39, 0.29) is 22.2 Å². The molecule has 208 valence electrons. The molecule has 1 aliphatic heterocycles. The van der Waals surface area contributed by atoms with Crippen molar-refractivity contribution in [3.8, 4) is 5.75 Å². The minimum absolute atomic E-state index is 0.0489. The summed E-state index contributed by atoms with van der Waals surface area (Å²) in [5, 5.41) is 4.50. The zero-order valence-corrected chi connectivity index (χ0v) is 23.4. The molecule has 0 spiro atoms. The van der Waals surface area contributed by atoms with Gasteiger partial charge in [0.25, 0.3) is 10.0 Å². The van der Waals surface area contributed by atoms with Crippen LogP contribution in [0.15, 0.2) is 101 Å². The van der Waals surface area contributed by atoms with Crippen molar-refractivity contribution in [3.63, 3.8) is 0 Å². The maximum absolute atomic E-state index is 13.1. The van der Waals surface area contributed by atoms with Crippen molar-refractivity contribution in [3.05, 3.63) is 91.0 Å². The van der Waals surface area contributed by atoms with Gasteiger partial charge < -0.3 is 10.1 Å². The van der Waals surface area contributed by atoms with Crippen LogP contribution in [0.1, 0.15) is 12.8 Å². The normalized spacial score (nSPS) is 16.4. The monoisotopic (exact) mass is 579 g/mol. The van der Waals surface area contributed by atoms with E-state index in [9.17, 15) is 21.6 Å². The van der Waals surface area contributed by atoms with E-state index in [1.54, 1.807) is 24.3 Å². The van der Waals surface area contributed by atoms with E-state index in [2.05, 4.69) is 10.0 Å². The SMILES string of the molecule is COc1ccc(S(=O)(=O)N2CCC[C@@H](C(=O)Nc3ccc(S(=O)(=O)Nc4cccc5ccccc45)cc3)C2)cc1. The second kappa shape index (κ2) is 11.3. The Morgan fingerprint density at radius 2 is 1.52 bits per heavy atom. The van der Waals surface area contributed by atoms with Gasteiger partial charge in [-0.15, -0.1) is 0 Å². The molecule has 0 aromatic heterocycles. The number of rotatable bonds is 8. The second-order valence-electron chi connectivity index (χ2n) is 9.52. The number of methoxy groups -OCH3 is 1. The highest BCUT2D eigenvalue weighted by atomic mass is 32.2. The Morgan fingerprint density at radius 1 is 0.850 bits per heavy atom. The Bertz CT molecular complexity index is 1730. The van der Waals surface area contributed by atoms with Gasteiger partial charge in [-0.25, -0.2) is 16.8 Å². The number of carbonyl (C=O) groups excluding carboxylic acids is 1. The van der Waals surface area contributed by atoms with Crippen LogP contribution in [-0.4, -0.2) is 47.2 Å². The van der Waals surface area contributed by atoms with Crippen LogP contribution in [0.5, 0.6) is 5.75 Å². The van der Waals surface area contributed by atoms with Gasteiger partial charge in [0.05, 0.1) is 28.5 Å². The van der Waals surface area contributed by atoms with Crippen molar-refractivity contribution in [1.29, 1.82) is 0 Å². The van der Waals surface area contributed by atoms with E-state index >= 15 is 0 Å². The molecule has 0 aliphatic carbocycles. The van der Waals surface area contributed by atoms with Crippen molar-refractivity contribution >= 4 is 48.1 Å². The number of nitrogens with one attached hydrogen (secondary N) is 2. The predicted molar refractivity (Wildman–Crippen MR) is 154 cm³/mol. The van der Waals surface area contributed by atoms with Crippen LogP contribution in [0.25, 0.3) is 10.8 Å². The summed E-state index contributed by atoms with van der Waals surface area (Å²) in [5.74, 6) is -0.310. The molecule has 5 rings (SSSR count). The molecule has 0 bridgehead atoms. The van der Waals surface area contributed by atoms with E-state index in [1.807, 2.05) is 30.3 Å². The van der Waals surface area contributed by atoms with Crippen LogP contribution in [0, 0.1) is 5.92 Å². The van der Waals surface area contributed by atoms with Gasteiger partial charge in [0.1, 0.15) is 5.75 Å². The van der Waals surface area contributed by atoms with Gasteiger partial charge in [0.2, 0.25) is 15.9 Å². The van der Waals surface area contributed by atoms with Crippen LogP contribution in [0.3, 0.4) is 0 Å². The minimum atomic E-state index is -3.87. The van der Waals surface area contributed by atoms with E-state index < -0.39 is 26.0 Å². The highest BCUT2D eigenvalue weighted by molar-refractivity contribution is 7.92. The van der Waals surface area contributed by atoms with Crippen molar-refractivity contribution < 1.29 is 26.4 Å². The highest BCUT2D eigenvalue weighted by Crippen LogP contribution is 2.28. The summed E-state index contributed by atoms with van der Waals surface area (Å²) in [6, 6.07) is 24.9. The number of sulfonamides is 2. The lowest BCUT2D eigenvalue weighted by atomic mass is 9.99. The summed E-state index contributed by atoms with van der Waals surface area (Å²) >= 11 is 0. The van der Waals surface area contributed by atoms with Gasteiger partial charge in [0.15, 0.2) is 0 Å². The number of carbonyl (C=O) groups is 1. The molecular formula is C29H29N3O6S2. The van der Waals surface area contributed by atoms with Crippen LogP contribution < -0.4 is 14.8 Å². The lowest BCUT2D eigenvalue weighted by Crippen LogP contribution is -2.43. The molecule has 1 heterocycles. The maximum atomic E-state index is 13.1. The van der Waals surface area contributed by atoms with Crippen molar-refractivity contribution in [2.24, 2.45) is 5.92 Å². The molecule has 40 heavy (non-hydrogen) atoms. The van der Waals surface area contributed by atoms with Crippen LogP contribution in [0.4, 0.5) is 11.4 Å². The molecule has 1 amide bonds. The van der Waals surface area contributed by atoms with Gasteiger partial charge in [-0.05, 0) is 72.8 Å². The Labute approximate surface area is 233 Å². The lowest BCUT2D eigenvalue weighted by molar-refractivity contribution is -0.120. The zero-order chi connectivity index (χ0) is 28.3.